The number of thiophene rings is 1. The molecular formula is C10H13ClN4S. The second-order valence-electron chi connectivity index (χ2n) is 3.43. The molecule has 0 fully saturated rings. The maximum absolute atomic E-state index is 5.85. The molecule has 0 radical (unpaired) electrons. The zero-order valence-corrected chi connectivity index (χ0v) is 10.6. The van der Waals surface area contributed by atoms with Crippen LogP contribution in [0.15, 0.2) is 18.5 Å². The Morgan fingerprint density at radius 3 is 3.00 bits per heavy atom. The number of aryl methyl sites for hydroxylation is 1. The predicted molar refractivity (Wildman–Crippen MR) is 65.7 cm³/mol. The second kappa shape index (κ2) is 5.43. The summed E-state index contributed by atoms with van der Waals surface area (Å²) in [7, 11) is 1.89. The van der Waals surface area contributed by atoms with Crippen LogP contribution in [-0.2, 0) is 20.0 Å². The topological polar surface area (TPSA) is 42.7 Å². The molecule has 0 unspecified atom stereocenters. The highest BCUT2D eigenvalue weighted by molar-refractivity contribution is 7.16. The first-order valence-electron chi connectivity index (χ1n) is 5.03. The molecule has 16 heavy (non-hydrogen) atoms. The SMILES string of the molecule is Cn1ncnc1CNCCc1ccc(Cl)s1. The van der Waals surface area contributed by atoms with Gasteiger partial charge in [-0.3, -0.25) is 4.68 Å². The molecule has 0 aliphatic heterocycles. The third-order valence-corrected chi connectivity index (χ3v) is 3.56. The van der Waals surface area contributed by atoms with Crippen molar-refractivity contribution in [2.45, 2.75) is 13.0 Å². The van der Waals surface area contributed by atoms with Gasteiger partial charge in [-0.05, 0) is 18.6 Å². The quantitative estimate of drug-likeness (QED) is 0.831. The van der Waals surface area contributed by atoms with Gasteiger partial charge in [0.05, 0.1) is 10.9 Å². The van der Waals surface area contributed by atoms with Crippen molar-refractivity contribution in [3.05, 3.63) is 33.5 Å². The van der Waals surface area contributed by atoms with E-state index in [0.717, 1.165) is 29.7 Å². The Balaban J connectivity index is 1.71. The average Bonchev–Trinajstić information content (AvgIpc) is 2.83. The molecule has 2 rings (SSSR count). The van der Waals surface area contributed by atoms with Crippen molar-refractivity contribution < 1.29 is 0 Å². The summed E-state index contributed by atoms with van der Waals surface area (Å²) in [6.07, 6.45) is 2.56. The number of nitrogens with zero attached hydrogens (tertiary/aromatic N) is 3. The van der Waals surface area contributed by atoms with Gasteiger partial charge in [0.25, 0.3) is 0 Å². The Morgan fingerprint density at radius 2 is 2.38 bits per heavy atom. The summed E-state index contributed by atoms with van der Waals surface area (Å²) in [5.41, 5.74) is 0. The summed E-state index contributed by atoms with van der Waals surface area (Å²) < 4.78 is 2.62. The number of halogens is 1. The van der Waals surface area contributed by atoms with Gasteiger partial charge in [0.1, 0.15) is 12.2 Å². The van der Waals surface area contributed by atoms with Gasteiger partial charge in [-0.15, -0.1) is 11.3 Å². The highest BCUT2D eigenvalue weighted by atomic mass is 35.5. The van der Waals surface area contributed by atoms with Gasteiger partial charge in [-0.25, -0.2) is 4.98 Å². The zero-order valence-electron chi connectivity index (χ0n) is 8.98. The molecule has 0 amide bonds. The molecule has 0 aliphatic carbocycles. The van der Waals surface area contributed by atoms with Gasteiger partial charge in [0.2, 0.25) is 0 Å². The normalized spacial score (nSPS) is 10.9. The maximum atomic E-state index is 5.85. The Hall–Kier alpha value is -0.910. The fourth-order valence-electron chi connectivity index (χ4n) is 1.38. The molecule has 1 N–H and O–H groups in total. The third kappa shape index (κ3) is 3.04. The molecule has 2 heterocycles. The van der Waals surface area contributed by atoms with Crippen LogP contribution in [0.4, 0.5) is 0 Å². The van der Waals surface area contributed by atoms with E-state index in [1.54, 1.807) is 22.3 Å². The third-order valence-electron chi connectivity index (χ3n) is 2.27. The summed E-state index contributed by atoms with van der Waals surface area (Å²) in [5.74, 6) is 0.948. The van der Waals surface area contributed by atoms with Crippen molar-refractivity contribution in [1.82, 2.24) is 20.1 Å². The molecule has 0 bridgehead atoms. The first-order chi connectivity index (χ1) is 7.75. The standard InChI is InChI=1S/C10H13ClN4S/c1-15-10(13-7-14-15)6-12-5-4-8-2-3-9(11)16-8/h2-3,7,12H,4-6H2,1H3. The average molecular weight is 257 g/mol. The van der Waals surface area contributed by atoms with Crippen molar-refractivity contribution in [1.29, 1.82) is 0 Å². The monoisotopic (exact) mass is 256 g/mol. The highest BCUT2D eigenvalue weighted by Gasteiger charge is 2.00. The fourth-order valence-corrected chi connectivity index (χ4v) is 2.47. The van der Waals surface area contributed by atoms with Crippen molar-refractivity contribution in [3.63, 3.8) is 0 Å². The van der Waals surface area contributed by atoms with Gasteiger partial charge >= 0.3 is 0 Å². The lowest BCUT2D eigenvalue weighted by molar-refractivity contribution is 0.616. The van der Waals surface area contributed by atoms with Crippen LogP contribution in [0.25, 0.3) is 0 Å². The number of aromatic nitrogens is 3. The predicted octanol–water partition coefficient (Wildman–Crippen LogP) is 1.86. The van der Waals surface area contributed by atoms with Crippen LogP contribution in [0.5, 0.6) is 0 Å². The molecule has 0 spiro atoms. The number of hydrogen-bond acceptors (Lipinski definition) is 4. The lowest BCUT2D eigenvalue weighted by Crippen LogP contribution is -2.18. The maximum Gasteiger partial charge on any atom is 0.140 e. The van der Waals surface area contributed by atoms with Crippen LogP contribution < -0.4 is 5.32 Å². The first-order valence-corrected chi connectivity index (χ1v) is 6.23. The van der Waals surface area contributed by atoms with Gasteiger partial charge in [-0.1, -0.05) is 11.6 Å². The molecule has 2 aromatic rings. The van der Waals surface area contributed by atoms with E-state index in [1.165, 1.54) is 4.88 Å². The summed E-state index contributed by atoms with van der Waals surface area (Å²) in [5, 5.41) is 7.33. The Morgan fingerprint density at radius 1 is 1.50 bits per heavy atom. The molecule has 4 nitrogen and oxygen atoms in total. The summed E-state index contributed by atoms with van der Waals surface area (Å²) in [6, 6.07) is 4.00. The van der Waals surface area contributed by atoms with Crippen molar-refractivity contribution in [3.8, 4) is 0 Å². The van der Waals surface area contributed by atoms with Gasteiger partial charge in [0.15, 0.2) is 0 Å². The van der Waals surface area contributed by atoms with Crippen molar-refractivity contribution in [2.24, 2.45) is 7.05 Å². The molecule has 0 aromatic carbocycles. The van der Waals surface area contributed by atoms with E-state index in [9.17, 15) is 0 Å². The summed E-state index contributed by atoms with van der Waals surface area (Å²) in [6.45, 7) is 1.67. The highest BCUT2D eigenvalue weighted by Crippen LogP contribution is 2.21. The summed E-state index contributed by atoms with van der Waals surface area (Å²) in [4.78, 5) is 5.44. The molecule has 0 aliphatic rings. The molecule has 0 atom stereocenters. The number of hydrogen-bond donors (Lipinski definition) is 1. The van der Waals surface area contributed by atoms with Crippen molar-refractivity contribution >= 4 is 22.9 Å². The van der Waals surface area contributed by atoms with Gasteiger partial charge in [-0.2, -0.15) is 5.10 Å². The van der Waals surface area contributed by atoms with E-state index in [2.05, 4.69) is 21.5 Å². The molecule has 0 saturated heterocycles. The van der Waals surface area contributed by atoms with E-state index >= 15 is 0 Å². The molecule has 0 saturated carbocycles. The largest absolute Gasteiger partial charge is 0.309 e. The smallest absolute Gasteiger partial charge is 0.140 e. The molecule has 86 valence electrons. The zero-order chi connectivity index (χ0) is 11.4. The van der Waals surface area contributed by atoms with Crippen LogP contribution in [0.3, 0.4) is 0 Å². The first kappa shape index (κ1) is 11.6. The van der Waals surface area contributed by atoms with E-state index in [-0.39, 0.29) is 0 Å². The minimum Gasteiger partial charge on any atom is -0.309 e. The number of nitrogens with one attached hydrogen (secondary N) is 1. The minimum absolute atomic E-state index is 0.746. The molecule has 2 aromatic heterocycles. The van der Waals surface area contributed by atoms with Crippen LogP contribution in [0.1, 0.15) is 10.7 Å². The minimum atomic E-state index is 0.746. The second-order valence-corrected chi connectivity index (χ2v) is 5.23. The van der Waals surface area contributed by atoms with Gasteiger partial charge in [0, 0.05) is 18.5 Å². The van der Waals surface area contributed by atoms with Crippen LogP contribution in [0.2, 0.25) is 4.34 Å². The van der Waals surface area contributed by atoms with Crippen LogP contribution in [-0.4, -0.2) is 21.3 Å². The lowest BCUT2D eigenvalue weighted by atomic mass is 10.3. The Kier molecular flexibility index (Phi) is 3.93. The molecular weight excluding hydrogens is 244 g/mol. The van der Waals surface area contributed by atoms with Crippen LogP contribution >= 0.6 is 22.9 Å². The van der Waals surface area contributed by atoms with Crippen molar-refractivity contribution in [2.75, 3.05) is 6.54 Å². The van der Waals surface area contributed by atoms with E-state index < -0.39 is 0 Å². The fraction of sp³-hybridized carbons (Fsp3) is 0.400. The van der Waals surface area contributed by atoms with E-state index in [4.69, 9.17) is 11.6 Å². The van der Waals surface area contributed by atoms with E-state index in [1.807, 2.05) is 13.1 Å². The number of rotatable bonds is 5. The van der Waals surface area contributed by atoms with Gasteiger partial charge < -0.3 is 5.32 Å². The van der Waals surface area contributed by atoms with E-state index in [0.29, 0.717) is 0 Å². The Labute approximate surface area is 103 Å². The summed E-state index contributed by atoms with van der Waals surface area (Å²) >= 11 is 7.48. The lowest BCUT2D eigenvalue weighted by Gasteiger charge is -2.02. The Bertz CT molecular complexity index is 451. The molecule has 6 heteroatoms. The van der Waals surface area contributed by atoms with Crippen LogP contribution in [0, 0.1) is 0 Å².